The SMILES string of the molecule is CCO[P+]1(O)OCC(CC)O1. The molecular formula is C6H14O4P+. The lowest BCUT2D eigenvalue weighted by Crippen LogP contribution is -2.06. The van der Waals surface area contributed by atoms with Gasteiger partial charge in [0.25, 0.3) is 0 Å². The molecule has 1 saturated heterocycles. The van der Waals surface area contributed by atoms with Crippen molar-refractivity contribution >= 4 is 8.17 Å². The summed E-state index contributed by atoms with van der Waals surface area (Å²) in [5, 5.41) is 0. The van der Waals surface area contributed by atoms with E-state index in [9.17, 15) is 4.89 Å². The molecule has 11 heavy (non-hydrogen) atoms. The molecule has 0 saturated carbocycles. The van der Waals surface area contributed by atoms with Crippen LogP contribution in [0.15, 0.2) is 0 Å². The zero-order valence-electron chi connectivity index (χ0n) is 6.82. The maximum Gasteiger partial charge on any atom is 0.573 e. The van der Waals surface area contributed by atoms with Crippen molar-refractivity contribution in [3.8, 4) is 0 Å². The highest BCUT2D eigenvalue weighted by Crippen LogP contribution is 2.62. The molecular weight excluding hydrogens is 167 g/mol. The molecule has 0 spiro atoms. The van der Waals surface area contributed by atoms with Crippen LogP contribution in [0.25, 0.3) is 0 Å². The van der Waals surface area contributed by atoms with Gasteiger partial charge in [-0.25, -0.2) is 0 Å². The average molecular weight is 181 g/mol. The third kappa shape index (κ3) is 2.36. The molecule has 1 aliphatic rings. The molecule has 5 heteroatoms. The Morgan fingerprint density at radius 2 is 2.36 bits per heavy atom. The average Bonchev–Trinajstić information content (AvgIpc) is 2.33. The highest BCUT2D eigenvalue weighted by atomic mass is 31.2. The normalized spacial score (nSPS) is 37.9. The van der Waals surface area contributed by atoms with Crippen molar-refractivity contribution in [1.29, 1.82) is 0 Å². The van der Waals surface area contributed by atoms with Gasteiger partial charge in [0.1, 0.15) is 12.7 Å². The van der Waals surface area contributed by atoms with Gasteiger partial charge in [-0.05, 0) is 13.3 Å². The Kier molecular flexibility index (Phi) is 3.22. The predicted octanol–water partition coefficient (Wildman–Crippen LogP) is 1.52. The summed E-state index contributed by atoms with van der Waals surface area (Å²) >= 11 is 0. The molecule has 0 aromatic carbocycles. The van der Waals surface area contributed by atoms with Crippen LogP contribution in [0.5, 0.6) is 0 Å². The molecule has 1 N–H and O–H groups in total. The van der Waals surface area contributed by atoms with Crippen molar-refractivity contribution in [3.63, 3.8) is 0 Å². The van der Waals surface area contributed by atoms with Crippen LogP contribution in [-0.2, 0) is 13.6 Å². The third-order valence-electron chi connectivity index (χ3n) is 1.45. The molecule has 1 rings (SSSR count). The summed E-state index contributed by atoms with van der Waals surface area (Å²) in [6, 6.07) is 0. The van der Waals surface area contributed by atoms with Gasteiger partial charge in [0, 0.05) is 0 Å². The minimum absolute atomic E-state index is 0.000108. The fraction of sp³-hybridized carbons (Fsp3) is 1.00. The Balaban J connectivity index is 2.37. The van der Waals surface area contributed by atoms with Crippen LogP contribution in [-0.4, -0.2) is 24.2 Å². The van der Waals surface area contributed by atoms with Gasteiger partial charge < -0.3 is 0 Å². The van der Waals surface area contributed by atoms with E-state index in [0.717, 1.165) is 6.42 Å². The summed E-state index contributed by atoms with van der Waals surface area (Å²) in [5.74, 6) is 0. The van der Waals surface area contributed by atoms with Crippen LogP contribution in [0.4, 0.5) is 0 Å². The maximum atomic E-state index is 9.44. The van der Waals surface area contributed by atoms with Crippen LogP contribution in [0.1, 0.15) is 20.3 Å². The largest absolute Gasteiger partial charge is 0.573 e. The third-order valence-corrected chi connectivity index (χ3v) is 3.08. The van der Waals surface area contributed by atoms with Crippen LogP contribution in [0.2, 0.25) is 0 Å². The lowest BCUT2D eigenvalue weighted by Gasteiger charge is -2.05. The Labute approximate surface area is 67.1 Å². The molecule has 0 radical (unpaired) electrons. The minimum atomic E-state index is -2.89. The van der Waals surface area contributed by atoms with Gasteiger partial charge in [-0.2, -0.15) is 13.9 Å². The van der Waals surface area contributed by atoms with E-state index in [0.29, 0.717) is 13.2 Å². The lowest BCUT2D eigenvalue weighted by atomic mass is 10.3. The topological polar surface area (TPSA) is 47.9 Å². The quantitative estimate of drug-likeness (QED) is 0.670. The first-order valence-corrected chi connectivity index (χ1v) is 5.29. The van der Waals surface area contributed by atoms with Gasteiger partial charge in [-0.3, -0.25) is 0 Å². The second-order valence-corrected chi connectivity index (χ2v) is 3.98. The molecule has 1 aliphatic heterocycles. The fourth-order valence-electron chi connectivity index (χ4n) is 0.850. The molecule has 0 aromatic rings. The first-order valence-electron chi connectivity index (χ1n) is 3.79. The highest BCUT2D eigenvalue weighted by Gasteiger charge is 2.53. The summed E-state index contributed by atoms with van der Waals surface area (Å²) in [6.07, 6.45) is 0.843. The van der Waals surface area contributed by atoms with E-state index in [2.05, 4.69) is 0 Å². The van der Waals surface area contributed by atoms with E-state index < -0.39 is 8.17 Å². The van der Waals surface area contributed by atoms with Crippen LogP contribution in [0.3, 0.4) is 0 Å². The smallest absolute Gasteiger partial charge is 0.168 e. The number of rotatable bonds is 3. The second kappa shape index (κ2) is 3.78. The van der Waals surface area contributed by atoms with Gasteiger partial charge in [0.15, 0.2) is 0 Å². The number of hydrogen-bond donors (Lipinski definition) is 1. The van der Waals surface area contributed by atoms with E-state index >= 15 is 0 Å². The molecule has 1 fully saturated rings. The summed E-state index contributed by atoms with van der Waals surface area (Å²) in [4.78, 5) is 9.44. The molecule has 0 amide bonds. The molecule has 0 aliphatic carbocycles. The lowest BCUT2D eigenvalue weighted by molar-refractivity contribution is 0.145. The maximum absolute atomic E-state index is 9.44. The fourth-order valence-corrected chi connectivity index (χ4v) is 2.31. The Hall–Kier alpha value is 0.270. The Morgan fingerprint density at radius 1 is 1.64 bits per heavy atom. The van der Waals surface area contributed by atoms with E-state index in [1.165, 1.54) is 0 Å². The van der Waals surface area contributed by atoms with Gasteiger partial charge in [0.05, 0.1) is 6.61 Å². The van der Waals surface area contributed by atoms with Gasteiger partial charge >= 0.3 is 8.17 Å². The van der Waals surface area contributed by atoms with E-state index in [-0.39, 0.29) is 6.10 Å². The summed E-state index contributed by atoms with van der Waals surface area (Å²) < 4.78 is 15.1. The first kappa shape index (κ1) is 9.36. The monoisotopic (exact) mass is 181 g/mol. The van der Waals surface area contributed by atoms with Crippen molar-refractivity contribution in [3.05, 3.63) is 0 Å². The van der Waals surface area contributed by atoms with Crippen LogP contribution < -0.4 is 0 Å². The van der Waals surface area contributed by atoms with Crippen LogP contribution in [0, 0.1) is 0 Å². The van der Waals surface area contributed by atoms with Crippen molar-refractivity contribution < 1.29 is 18.5 Å². The minimum Gasteiger partial charge on any atom is -0.168 e. The zero-order valence-corrected chi connectivity index (χ0v) is 7.71. The zero-order chi connectivity index (χ0) is 8.32. The molecule has 66 valence electrons. The van der Waals surface area contributed by atoms with Gasteiger partial charge in [0.2, 0.25) is 0 Å². The van der Waals surface area contributed by atoms with Crippen molar-refractivity contribution in [2.75, 3.05) is 13.2 Å². The summed E-state index contributed by atoms with van der Waals surface area (Å²) in [6.45, 7) is 4.64. The molecule has 0 bridgehead atoms. The summed E-state index contributed by atoms with van der Waals surface area (Å²) in [7, 11) is -2.89. The van der Waals surface area contributed by atoms with Crippen molar-refractivity contribution in [2.45, 2.75) is 26.4 Å². The van der Waals surface area contributed by atoms with Gasteiger partial charge in [-0.1, -0.05) is 6.92 Å². The van der Waals surface area contributed by atoms with Crippen molar-refractivity contribution in [1.82, 2.24) is 0 Å². The van der Waals surface area contributed by atoms with Crippen LogP contribution >= 0.6 is 8.17 Å². The Bertz CT molecular complexity index is 132. The molecule has 2 unspecified atom stereocenters. The van der Waals surface area contributed by atoms with E-state index in [1.807, 2.05) is 6.92 Å². The van der Waals surface area contributed by atoms with Gasteiger partial charge in [-0.15, -0.1) is 4.52 Å². The first-order chi connectivity index (χ1) is 5.20. The van der Waals surface area contributed by atoms with E-state index in [1.54, 1.807) is 6.92 Å². The summed E-state index contributed by atoms with van der Waals surface area (Å²) in [5.41, 5.74) is 0. The van der Waals surface area contributed by atoms with E-state index in [4.69, 9.17) is 13.6 Å². The second-order valence-electron chi connectivity index (χ2n) is 2.32. The Morgan fingerprint density at radius 3 is 2.82 bits per heavy atom. The standard InChI is InChI=1S/C6H14O4P/c1-3-6-5-9-11(7,10-6)8-4-2/h6-7H,3-5H2,1-2H3/q+1. The highest BCUT2D eigenvalue weighted by molar-refractivity contribution is 7.55. The number of hydrogen-bond acceptors (Lipinski definition) is 4. The molecule has 1 heterocycles. The van der Waals surface area contributed by atoms with Crippen molar-refractivity contribution in [2.24, 2.45) is 0 Å². The molecule has 4 nitrogen and oxygen atoms in total. The molecule has 0 aromatic heterocycles. The predicted molar refractivity (Wildman–Crippen MR) is 41.9 cm³/mol. The molecule has 2 atom stereocenters.